The number of aliphatic imine (C=N–C) groups is 1. The average molecular weight is 139 g/mol. The van der Waals surface area contributed by atoms with E-state index in [0.29, 0.717) is 5.57 Å². The third kappa shape index (κ3) is 4.01. The summed E-state index contributed by atoms with van der Waals surface area (Å²) in [7, 11) is 0. The number of hydrogen-bond acceptors (Lipinski definition) is 2. The van der Waals surface area contributed by atoms with E-state index in [1.54, 1.807) is 12.3 Å². The van der Waals surface area contributed by atoms with Gasteiger partial charge in [-0.3, -0.25) is 9.79 Å². The van der Waals surface area contributed by atoms with Crippen molar-refractivity contribution in [1.29, 1.82) is 0 Å². The molecule has 56 valence electrons. The minimum atomic E-state index is 0.259. The highest BCUT2D eigenvalue weighted by Crippen LogP contribution is 1.88. The minimum Gasteiger partial charge on any atom is -0.298 e. The van der Waals surface area contributed by atoms with Crippen LogP contribution < -0.4 is 0 Å². The van der Waals surface area contributed by atoms with Crippen molar-refractivity contribution >= 4 is 12.5 Å². The van der Waals surface area contributed by atoms with Crippen molar-refractivity contribution in [3.05, 3.63) is 11.6 Å². The Morgan fingerprint density at radius 3 is 2.40 bits per heavy atom. The van der Waals surface area contributed by atoms with Gasteiger partial charge >= 0.3 is 0 Å². The molecule has 2 heteroatoms. The van der Waals surface area contributed by atoms with E-state index in [9.17, 15) is 4.79 Å². The molecule has 0 fully saturated rings. The van der Waals surface area contributed by atoms with Gasteiger partial charge in [-0.1, -0.05) is 6.08 Å². The Hall–Kier alpha value is -0.920. The standard InChI is InChI=1S/C8H13NO/c1-4-8(6-10)5-9-7(2)3/h4-7H,1-3H3/b8-4+,9-5?. The van der Waals surface area contributed by atoms with Crippen LogP contribution in [0.4, 0.5) is 0 Å². The molecule has 0 atom stereocenters. The van der Waals surface area contributed by atoms with Crippen LogP contribution in [0.15, 0.2) is 16.6 Å². The van der Waals surface area contributed by atoms with Crippen molar-refractivity contribution in [3.8, 4) is 0 Å². The van der Waals surface area contributed by atoms with E-state index in [-0.39, 0.29) is 6.04 Å². The summed E-state index contributed by atoms with van der Waals surface area (Å²) >= 11 is 0. The first-order valence-corrected chi connectivity index (χ1v) is 3.35. The van der Waals surface area contributed by atoms with E-state index >= 15 is 0 Å². The van der Waals surface area contributed by atoms with Crippen molar-refractivity contribution in [1.82, 2.24) is 0 Å². The zero-order chi connectivity index (χ0) is 7.98. The number of allylic oxidation sites excluding steroid dienone is 2. The van der Waals surface area contributed by atoms with Gasteiger partial charge in [0, 0.05) is 17.8 Å². The molecule has 0 unspecified atom stereocenters. The zero-order valence-electron chi connectivity index (χ0n) is 6.66. The summed E-state index contributed by atoms with van der Waals surface area (Å²) in [4.78, 5) is 14.2. The Morgan fingerprint density at radius 2 is 2.10 bits per heavy atom. The van der Waals surface area contributed by atoms with Crippen LogP contribution in [0.1, 0.15) is 20.8 Å². The van der Waals surface area contributed by atoms with Crippen molar-refractivity contribution in [2.24, 2.45) is 4.99 Å². The largest absolute Gasteiger partial charge is 0.298 e. The van der Waals surface area contributed by atoms with Crippen LogP contribution in [0.3, 0.4) is 0 Å². The lowest BCUT2D eigenvalue weighted by Crippen LogP contribution is -1.92. The molecule has 2 nitrogen and oxygen atoms in total. The van der Waals surface area contributed by atoms with Crippen LogP contribution in [0.25, 0.3) is 0 Å². The maximum atomic E-state index is 10.2. The molecule has 0 saturated carbocycles. The molecule has 0 spiro atoms. The van der Waals surface area contributed by atoms with Gasteiger partial charge in [0.05, 0.1) is 0 Å². The second-order valence-corrected chi connectivity index (χ2v) is 2.28. The quantitative estimate of drug-likeness (QED) is 0.332. The first-order chi connectivity index (χ1) is 4.70. The molecule has 0 bridgehead atoms. The predicted molar refractivity (Wildman–Crippen MR) is 43.4 cm³/mol. The highest BCUT2D eigenvalue weighted by atomic mass is 16.1. The van der Waals surface area contributed by atoms with E-state index < -0.39 is 0 Å². The van der Waals surface area contributed by atoms with Gasteiger partial charge in [0.15, 0.2) is 6.29 Å². The highest BCUT2D eigenvalue weighted by molar-refractivity contribution is 6.01. The number of hydrogen-bond donors (Lipinski definition) is 0. The molecule has 0 amide bonds. The Bertz CT molecular complexity index is 157. The Balaban J connectivity index is 3.98. The van der Waals surface area contributed by atoms with Crippen LogP contribution in [0.2, 0.25) is 0 Å². The summed E-state index contributed by atoms with van der Waals surface area (Å²) in [5, 5.41) is 0. The highest BCUT2D eigenvalue weighted by Gasteiger charge is 1.87. The van der Waals surface area contributed by atoms with E-state index in [1.807, 2.05) is 20.8 Å². The molecule has 0 heterocycles. The fourth-order valence-corrected chi connectivity index (χ4v) is 0.408. The van der Waals surface area contributed by atoms with Crippen LogP contribution in [-0.2, 0) is 4.79 Å². The number of aldehydes is 1. The second-order valence-electron chi connectivity index (χ2n) is 2.28. The molecule has 0 aliphatic rings. The molecule has 0 radical (unpaired) electrons. The van der Waals surface area contributed by atoms with E-state index in [0.717, 1.165) is 6.29 Å². The van der Waals surface area contributed by atoms with Gasteiger partial charge in [0.25, 0.3) is 0 Å². The van der Waals surface area contributed by atoms with Crippen LogP contribution in [0, 0.1) is 0 Å². The van der Waals surface area contributed by atoms with Gasteiger partial charge in [-0.25, -0.2) is 0 Å². The zero-order valence-corrected chi connectivity index (χ0v) is 6.66. The van der Waals surface area contributed by atoms with E-state index in [4.69, 9.17) is 0 Å². The summed E-state index contributed by atoms with van der Waals surface area (Å²) in [6.07, 6.45) is 4.13. The van der Waals surface area contributed by atoms with Gasteiger partial charge in [0.2, 0.25) is 0 Å². The summed E-state index contributed by atoms with van der Waals surface area (Å²) in [5.74, 6) is 0. The Labute approximate surface area is 61.7 Å². The van der Waals surface area contributed by atoms with E-state index in [2.05, 4.69) is 4.99 Å². The molecular weight excluding hydrogens is 126 g/mol. The summed E-state index contributed by atoms with van der Waals surface area (Å²) in [5.41, 5.74) is 0.633. The summed E-state index contributed by atoms with van der Waals surface area (Å²) in [6.45, 7) is 5.75. The number of rotatable bonds is 3. The first kappa shape index (κ1) is 9.08. The fraction of sp³-hybridized carbons (Fsp3) is 0.500. The molecule has 0 aromatic heterocycles. The summed E-state index contributed by atoms with van der Waals surface area (Å²) < 4.78 is 0. The molecule has 0 aromatic carbocycles. The minimum absolute atomic E-state index is 0.259. The van der Waals surface area contributed by atoms with Crippen LogP contribution in [-0.4, -0.2) is 18.5 Å². The SMILES string of the molecule is C/C=C(/C=O)C=NC(C)C. The Morgan fingerprint density at radius 1 is 1.50 bits per heavy atom. The lowest BCUT2D eigenvalue weighted by atomic mass is 10.3. The lowest BCUT2D eigenvalue weighted by molar-refractivity contribution is -0.104. The predicted octanol–water partition coefficient (Wildman–Crippen LogP) is 1.61. The third-order valence-corrected chi connectivity index (χ3v) is 0.991. The normalized spacial score (nSPS) is 13.0. The van der Waals surface area contributed by atoms with Crippen LogP contribution >= 0.6 is 0 Å². The summed E-state index contributed by atoms with van der Waals surface area (Å²) in [6, 6.07) is 0.259. The third-order valence-electron chi connectivity index (χ3n) is 0.991. The van der Waals surface area contributed by atoms with Gasteiger partial charge < -0.3 is 0 Å². The molecular formula is C8H13NO. The van der Waals surface area contributed by atoms with Gasteiger partial charge in [-0.05, 0) is 20.8 Å². The first-order valence-electron chi connectivity index (χ1n) is 3.35. The maximum Gasteiger partial charge on any atom is 0.151 e. The molecule has 0 aliphatic carbocycles. The molecule has 0 aromatic rings. The van der Waals surface area contributed by atoms with Crippen molar-refractivity contribution in [2.75, 3.05) is 0 Å². The average Bonchev–Trinajstić information content (AvgIpc) is 1.90. The molecule has 0 aliphatic heterocycles. The molecule has 10 heavy (non-hydrogen) atoms. The van der Waals surface area contributed by atoms with Gasteiger partial charge in [-0.2, -0.15) is 0 Å². The van der Waals surface area contributed by atoms with Crippen molar-refractivity contribution in [3.63, 3.8) is 0 Å². The second kappa shape index (κ2) is 4.91. The van der Waals surface area contributed by atoms with Gasteiger partial charge in [-0.15, -0.1) is 0 Å². The molecule has 0 saturated heterocycles. The topological polar surface area (TPSA) is 29.4 Å². The van der Waals surface area contributed by atoms with Gasteiger partial charge in [0.1, 0.15) is 0 Å². The Kier molecular flexibility index (Phi) is 4.46. The monoisotopic (exact) mass is 139 g/mol. The number of nitrogens with zero attached hydrogens (tertiary/aromatic N) is 1. The number of carbonyl (C=O) groups is 1. The lowest BCUT2D eigenvalue weighted by Gasteiger charge is -1.92. The van der Waals surface area contributed by atoms with E-state index in [1.165, 1.54) is 0 Å². The number of carbonyl (C=O) groups excluding carboxylic acids is 1. The van der Waals surface area contributed by atoms with Crippen LogP contribution in [0.5, 0.6) is 0 Å². The maximum absolute atomic E-state index is 10.2. The molecule has 0 rings (SSSR count). The fourth-order valence-electron chi connectivity index (χ4n) is 0.408. The smallest absolute Gasteiger partial charge is 0.151 e. The molecule has 0 N–H and O–H groups in total. The van der Waals surface area contributed by atoms with Crippen molar-refractivity contribution < 1.29 is 4.79 Å². The van der Waals surface area contributed by atoms with Crippen molar-refractivity contribution in [2.45, 2.75) is 26.8 Å².